The second-order valence-electron chi connectivity index (χ2n) is 3.37. The number of aliphatic carboxylic acids is 2. The van der Waals surface area contributed by atoms with E-state index in [-0.39, 0.29) is 13.1 Å². The van der Waals surface area contributed by atoms with Gasteiger partial charge in [-0.2, -0.15) is 0 Å². The molecular weight excluding hydrogens is 220 g/mol. The number of carbonyl (C=O) groups is 3. The number of nitrogens with one attached hydrogen (secondary N) is 1. The summed E-state index contributed by atoms with van der Waals surface area (Å²) >= 11 is 0. The second kappa shape index (κ2) is 5.31. The third-order valence-corrected chi connectivity index (χ3v) is 1.93. The molecule has 1 aliphatic heterocycles. The van der Waals surface area contributed by atoms with E-state index < -0.39 is 37.2 Å². The van der Waals surface area contributed by atoms with Gasteiger partial charge in [-0.05, 0) is 0 Å². The molecule has 0 bridgehead atoms. The third-order valence-electron chi connectivity index (χ3n) is 1.93. The molecule has 1 rings (SSSR count). The maximum absolute atomic E-state index is 10.7. The largest absolute Gasteiger partial charge is 0.480 e. The molecular formula is C8H12N2O6. The number of ether oxygens (including phenoxy) is 1. The van der Waals surface area contributed by atoms with Crippen LogP contribution in [0, 0.1) is 0 Å². The standard InChI is InChI=1S/C8H12N2O6/c11-6(12)3-10(4-7(13)14)2-5-1-9-8(15)16-5/h5H,1-4H2,(H,9,15)(H,11,12)(H,13,14). The van der Waals surface area contributed by atoms with Crippen molar-refractivity contribution in [1.29, 1.82) is 0 Å². The number of alkyl carbamates (subject to hydrolysis) is 1. The average Bonchev–Trinajstić information content (AvgIpc) is 2.48. The second-order valence-corrected chi connectivity index (χ2v) is 3.37. The van der Waals surface area contributed by atoms with E-state index in [1.807, 2.05) is 0 Å². The normalized spacial score (nSPS) is 19.3. The van der Waals surface area contributed by atoms with E-state index in [4.69, 9.17) is 14.9 Å². The first-order chi connectivity index (χ1) is 7.47. The van der Waals surface area contributed by atoms with Gasteiger partial charge in [-0.3, -0.25) is 14.5 Å². The Labute approximate surface area is 90.8 Å². The summed E-state index contributed by atoms with van der Waals surface area (Å²) in [7, 11) is 0. The Morgan fingerprint density at radius 2 is 1.94 bits per heavy atom. The lowest BCUT2D eigenvalue weighted by atomic mass is 10.3. The fourth-order valence-corrected chi connectivity index (χ4v) is 1.39. The molecule has 1 unspecified atom stereocenters. The first-order valence-corrected chi connectivity index (χ1v) is 4.58. The van der Waals surface area contributed by atoms with Gasteiger partial charge in [0.25, 0.3) is 0 Å². The van der Waals surface area contributed by atoms with Crippen molar-refractivity contribution in [3.8, 4) is 0 Å². The summed E-state index contributed by atoms with van der Waals surface area (Å²) < 4.78 is 4.78. The number of carboxylic acid groups (broad SMARTS) is 2. The van der Waals surface area contributed by atoms with Crippen LogP contribution in [0.25, 0.3) is 0 Å². The van der Waals surface area contributed by atoms with Crippen LogP contribution in [0.5, 0.6) is 0 Å². The fourth-order valence-electron chi connectivity index (χ4n) is 1.39. The van der Waals surface area contributed by atoms with Crippen LogP contribution in [0.15, 0.2) is 0 Å². The van der Waals surface area contributed by atoms with E-state index in [0.717, 1.165) is 0 Å². The van der Waals surface area contributed by atoms with Crippen LogP contribution in [0.3, 0.4) is 0 Å². The molecule has 0 radical (unpaired) electrons. The van der Waals surface area contributed by atoms with E-state index in [1.54, 1.807) is 0 Å². The highest BCUT2D eigenvalue weighted by Crippen LogP contribution is 2.03. The SMILES string of the molecule is O=C(O)CN(CC(=O)O)CC1CNC(=O)O1. The summed E-state index contributed by atoms with van der Waals surface area (Å²) in [5.41, 5.74) is 0. The maximum atomic E-state index is 10.7. The molecule has 90 valence electrons. The number of carboxylic acids is 2. The van der Waals surface area contributed by atoms with Crippen LogP contribution in [0.2, 0.25) is 0 Å². The van der Waals surface area contributed by atoms with Gasteiger partial charge in [0.1, 0.15) is 6.10 Å². The van der Waals surface area contributed by atoms with Crippen molar-refractivity contribution in [3.05, 3.63) is 0 Å². The molecule has 0 aromatic rings. The Morgan fingerprint density at radius 3 is 2.31 bits per heavy atom. The average molecular weight is 232 g/mol. The van der Waals surface area contributed by atoms with Gasteiger partial charge in [-0.15, -0.1) is 0 Å². The van der Waals surface area contributed by atoms with Gasteiger partial charge in [0, 0.05) is 6.54 Å². The van der Waals surface area contributed by atoms with Gasteiger partial charge in [0.05, 0.1) is 19.6 Å². The summed E-state index contributed by atoms with van der Waals surface area (Å²) in [6, 6.07) is 0. The highest BCUT2D eigenvalue weighted by Gasteiger charge is 2.26. The van der Waals surface area contributed by atoms with E-state index in [2.05, 4.69) is 5.32 Å². The van der Waals surface area contributed by atoms with Gasteiger partial charge < -0.3 is 20.3 Å². The Balaban J connectivity index is 2.45. The number of carbonyl (C=O) groups excluding carboxylic acids is 1. The van der Waals surface area contributed by atoms with Crippen molar-refractivity contribution in [1.82, 2.24) is 10.2 Å². The summed E-state index contributed by atoms with van der Waals surface area (Å²) in [6.45, 7) is -0.466. The zero-order chi connectivity index (χ0) is 12.1. The summed E-state index contributed by atoms with van der Waals surface area (Å²) in [4.78, 5) is 32.8. The summed E-state index contributed by atoms with van der Waals surface area (Å²) in [6.07, 6.45) is -1.08. The molecule has 1 fully saturated rings. The summed E-state index contributed by atoms with van der Waals surface area (Å²) in [5.74, 6) is -2.25. The first-order valence-electron chi connectivity index (χ1n) is 4.58. The molecule has 0 aliphatic carbocycles. The Bertz CT molecular complexity index is 289. The molecule has 3 N–H and O–H groups in total. The predicted molar refractivity (Wildman–Crippen MR) is 50.0 cm³/mol. The lowest BCUT2D eigenvalue weighted by Crippen LogP contribution is -2.40. The lowest BCUT2D eigenvalue weighted by molar-refractivity contribution is -0.142. The van der Waals surface area contributed by atoms with E-state index in [9.17, 15) is 14.4 Å². The van der Waals surface area contributed by atoms with Crippen LogP contribution in [0.1, 0.15) is 0 Å². The highest BCUT2D eigenvalue weighted by molar-refractivity contribution is 5.72. The number of hydrogen-bond acceptors (Lipinski definition) is 5. The molecule has 8 nitrogen and oxygen atoms in total. The third kappa shape index (κ3) is 4.13. The zero-order valence-electron chi connectivity index (χ0n) is 8.38. The van der Waals surface area contributed by atoms with Crippen LogP contribution >= 0.6 is 0 Å². The van der Waals surface area contributed by atoms with Crippen molar-refractivity contribution < 1.29 is 29.3 Å². The van der Waals surface area contributed by atoms with Gasteiger partial charge >= 0.3 is 18.0 Å². The Morgan fingerprint density at radius 1 is 1.38 bits per heavy atom. The number of hydrogen-bond donors (Lipinski definition) is 3. The molecule has 1 saturated heterocycles. The van der Waals surface area contributed by atoms with Gasteiger partial charge in [0.15, 0.2) is 0 Å². The fraction of sp³-hybridized carbons (Fsp3) is 0.625. The zero-order valence-corrected chi connectivity index (χ0v) is 8.38. The van der Waals surface area contributed by atoms with E-state index >= 15 is 0 Å². The molecule has 0 saturated carbocycles. The van der Waals surface area contributed by atoms with Crippen molar-refractivity contribution in [2.24, 2.45) is 0 Å². The van der Waals surface area contributed by atoms with Crippen molar-refractivity contribution in [3.63, 3.8) is 0 Å². The topological polar surface area (TPSA) is 116 Å². The maximum Gasteiger partial charge on any atom is 0.407 e. The molecule has 0 aromatic heterocycles. The Hall–Kier alpha value is -1.83. The number of cyclic esters (lactones) is 1. The minimum Gasteiger partial charge on any atom is -0.480 e. The molecule has 0 aromatic carbocycles. The smallest absolute Gasteiger partial charge is 0.407 e. The van der Waals surface area contributed by atoms with Gasteiger partial charge in [-0.1, -0.05) is 0 Å². The number of nitrogens with zero attached hydrogens (tertiary/aromatic N) is 1. The summed E-state index contributed by atoms with van der Waals surface area (Å²) in [5, 5.41) is 19.5. The minimum atomic E-state index is -1.13. The Kier molecular flexibility index (Phi) is 4.06. The van der Waals surface area contributed by atoms with Crippen LogP contribution in [0.4, 0.5) is 4.79 Å². The lowest BCUT2D eigenvalue weighted by Gasteiger charge is -2.20. The van der Waals surface area contributed by atoms with E-state index in [1.165, 1.54) is 4.90 Å². The van der Waals surface area contributed by atoms with Crippen molar-refractivity contribution >= 4 is 18.0 Å². The van der Waals surface area contributed by atoms with Crippen LogP contribution in [-0.2, 0) is 14.3 Å². The molecule has 0 spiro atoms. The van der Waals surface area contributed by atoms with Crippen molar-refractivity contribution in [2.75, 3.05) is 26.2 Å². The minimum absolute atomic E-state index is 0.0807. The molecule has 1 amide bonds. The van der Waals surface area contributed by atoms with Gasteiger partial charge in [-0.25, -0.2) is 4.79 Å². The number of rotatable bonds is 6. The predicted octanol–water partition coefficient (Wildman–Crippen LogP) is -1.43. The number of amides is 1. The van der Waals surface area contributed by atoms with E-state index in [0.29, 0.717) is 0 Å². The first kappa shape index (κ1) is 12.2. The monoisotopic (exact) mass is 232 g/mol. The van der Waals surface area contributed by atoms with Gasteiger partial charge in [0.2, 0.25) is 0 Å². The molecule has 1 atom stereocenters. The molecule has 16 heavy (non-hydrogen) atoms. The molecule has 8 heteroatoms. The molecule has 1 aliphatic rings. The quantitative estimate of drug-likeness (QED) is 0.513. The highest BCUT2D eigenvalue weighted by atomic mass is 16.6. The molecule has 1 heterocycles. The van der Waals surface area contributed by atoms with Crippen LogP contribution < -0.4 is 5.32 Å². The van der Waals surface area contributed by atoms with Crippen molar-refractivity contribution in [2.45, 2.75) is 6.10 Å². The van der Waals surface area contributed by atoms with Crippen LogP contribution in [-0.4, -0.2) is 65.4 Å².